The maximum Gasteiger partial charge on any atom is 0.259 e. The van der Waals surface area contributed by atoms with Crippen molar-refractivity contribution in [3.8, 4) is 0 Å². The van der Waals surface area contributed by atoms with E-state index in [1.807, 2.05) is 0 Å². The fourth-order valence-electron chi connectivity index (χ4n) is 2.38. The molecule has 0 unspecified atom stereocenters. The van der Waals surface area contributed by atoms with Crippen molar-refractivity contribution in [2.24, 2.45) is 5.73 Å². The van der Waals surface area contributed by atoms with Gasteiger partial charge in [-0.3, -0.25) is 9.59 Å². The lowest BCUT2D eigenvalue weighted by Crippen LogP contribution is -2.57. The number of carbonyl (C=O) groups is 2. The van der Waals surface area contributed by atoms with E-state index in [1.165, 1.54) is 11.0 Å². The molecule has 0 saturated carbocycles. The zero-order valence-electron chi connectivity index (χ0n) is 12.6. The monoisotopic (exact) mass is 311 g/mol. The molecule has 0 spiro atoms. The minimum atomic E-state index is -0.982. The molecule has 0 atom stereocenters. The molecular weight excluding hydrogens is 292 g/mol. The molecule has 1 aliphatic heterocycles. The highest BCUT2D eigenvalue weighted by Gasteiger charge is 2.32. The Bertz CT molecular complexity index is 571. The van der Waals surface area contributed by atoms with Gasteiger partial charge in [0, 0.05) is 26.2 Å². The van der Waals surface area contributed by atoms with Gasteiger partial charge in [0.1, 0.15) is 17.2 Å². The summed E-state index contributed by atoms with van der Waals surface area (Å²) in [7, 11) is 0. The summed E-state index contributed by atoms with van der Waals surface area (Å²) >= 11 is 0. The van der Waals surface area contributed by atoms with Crippen LogP contribution in [-0.4, -0.2) is 53.3 Å². The third-order valence-electron chi connectivity index (χ3n) is 3.58. The molecule has 0 aromatic heterocycles. The van der Waals surface area contributed by atoms with Crippen LogP contribution in [0.15, 0.2) is 18.2 Å². The fraction of sp³-hybridized carbons (Fsp3) is 0.467. The standard InChI is InChI=1S/C15H19F2N3O2/c1-15(2,18)14(22)20-8-6-19(7-9-20)13(21)12-10(16)4-3-5-11(12)17/h3-5H,6-9,18H2,1-2H3. The molecule has 2 N–H and O–H groups in total. The Hall–Kier alpha value is -2.02. The van der Waals surface area contributed by atoms with Crippen molar-refractivity contribution < 1.29 is 18.4 Å². The molecule has 1 saturated heterocycles. The summed E-state index contributed by atoms with van der Waals surface area (Å²) in [6.45, 7) is 4.24. The van der Waals surface area contributed by atoms with Crippen molar-refractivity contribution >= 4 is 11.8 Å². The van der Waals surface area contributed by atoms with Crippen LogP contribution in [-0.2, 0) is 4.79 Å². The molecule has 2 amide bonds. The number of nitrogens with two attached hydrogens (primary N) is 1. The normalized spacial score (nSPS) is 15.9. The van der Waals surface area contributed by atoms with Gasteiger partial charge in [0.15, 0.2) is 0 Å². The Morgan fingerprint density at radius 1 is 1.05 bits per heavy atom. The number of hydrogen-bond acceptors (Lipinski definition) is 3. The molecule has 0 bridgehead atoms. The predicted octanol–water partition coefficient (Wildman–Crippen LogP) is 0.986. The Morgan fingerprint density at radius 3 is 1.95 bits per heavy atom. The van der Waals surface area contributed by atoms with E-state index in [-0.39, 0.29) is 19.0 Å². The Labute approximate surface area is 127 Å². The van der Waals surface area contributed by atoms with Crippen LogP contribution in [0.5, 0.6) is 0 Å². The molecule has 5 nitrogen and oxygen atoms in total. The molecule has 2 rings (SSSR count). The number of benzene rings is 1. The third-order valence-corrected chi connectivity index (χ3v) is 3.58. The van der Waals surface area contributed by atoms with Crippen molar-refractivity contribution in [2.75, 3.05) is 26.2 Å². The summed E-state index contributed by atoms with van der Waals surface area (Å²) in [4.78, 5) is 27.2. The maximum absolute atomic E-state index is 13.6. The quantitative estimate of drug-likeness (QED) is 0.885. The molecule has 1 fully saturated rings. The zero-order chi connectivity index (χ0) is 16.5. The highest BCUT2D eigenvalue weighted by molar-refractivity contribution is 5.95. The summed E-state index contributed by atoms with van der Waals surface area (Å²) in [5.74, 6) is -2.68. The van der Waals surface area contributed by atoms with Crippen molar-refractivity contribution in [1.82, 2.24) is 9.80 Å². The molecular formula is C15H19F2N3O2. The second-order valence-corrected chi connectivity index (χ2v) is 5.90. The predicted molar refractivity (Wildman–Crippen MR) is 77.1 cm³/mol. The minimum Gasteiger partial charge on any atom is -0.338 e. The van der Waals surface area contributed by atoms with Gasteiger partial charge in [-0.25, -0.2) is 8.78 Å². The first-order valence-electron chi connectivity index (χ1n) is 7.03. The van der Waals surface area contributed by atoms with Gasteiger partial charge in [0.25, 0.3) is 5.91 Å². The molecule has 1 aromatic rings. The van der Waals surface area contributed by atoms with E-state index >= 15 is 0 Å². The van der Waals surface area contributed by atoms with Crippen LogP contribution in [0.4, 0.5) is 8.78 Å². The summed E-state index contributed by atoms with van der Waals surface area (Å²) in [6.07, 6.45) is 0. The molecule has 0 aliphatic carbocycles. The van der Waals surface area contributed by atoms with Crippen LogP contribution in [0, 0.1) is 11.6 Å². The van der Waals surface area contributed by atoms with Crippen molar-refractivity contribution in [3.05, 3.63) is 35.4 Å². The van der Waals surface area contributed by atoms with E-state index in [4.69, 9.17) is 5.73 Å². The van der Waals surface area contributed by atoms with Crippen LogP contribution >= 0.6 is 0 Å². The van der Waals surface area contributed by atoms with E-state index in [1.54, 1.807) is 18.7 Å². The second-order valence-electron chi connectivity index (χ2n) is 5.90. The lowest BCUT2D eigenvalue weighted by Gasteiger charge is -2.37. The van der Waals surface area contributed by atoms with Crippen LogP contribution in [0.1, 0.15) is 24.2 Å². The van der Waals surface area contributed by atoms with E-state index in [0.717, 1.165) is 12.1 Å². The Balaban J connectivity index is 2.06. The Morgan fingerprint density at radius 2 is 1.50 bits per heavy atom. The molecule has 120 valence electrons. The second kappa shape index (κ2) is 6.00. The van der Waals surface area contributed by atoms with Crippen LogP contribution in [0.25, 0.3) is 0 Å². The summed E-state index contributed by atoms with van der Waals surface area (Å²) in [5.41, 5.74) is 4.23. The van der Waals surface area contributed by atoms with Gasteiger partial charge in [0.05, 0.1) is 5.54 Å². The van der Waals surface area contributed by atoms with Crippen molar-refractivity contribution in [3.63, 3.8) is 0 Å². The first kappa shape index (κ1) is 16.4. The number of nitrogens with zero attached hydrogens (tertiary/aromatic N) is 2. The summed E-state index contributed by atoms with van der Waals surface area (Å²) < 4.78 is 27.3. The van der Waals surface area contributed by atoms with Crippen molar-refractivity contribution in [1.29, 1.82) is 0 Å². The van der Waals surface area contributed by atoms with Crippen LogP contribution in [0.2, 0.25) is 0 Å². The van der Waals surface area contributed by atoms with Gasteiger partial charge in [0.2, 0.25) is 5.91 Å². The lowest BCUT2D eigenvalue weighted by atomic mass is 10.0. The molecule has 1 aliphatic rings. The molecule has 0 radical (unpaired) electrons. The first-order valence-corrected chi connectivity index (χ1v) is 7.03. The van der Waals surface area contributed by atoms with Gasteiger partial charge in [-0.15, -0.1) is 0 Å². The summed E-state index contributed by atoms with van der Waals surface area (Å²) in [5, 5.41) is 0. The van der Waals surface area contributed by atoms with Gasteiger partial charge in [-0.2, -0.15) is 0 Å². The van der Waals surface area contributed by atoms with Gasteiger partial charge in [-0.05, 0) is 26.0 Å². The highest BCUT2D eigenvalue weighted by atomic mass is 19.1. The summed E-state index contributed by atoms with van der Waals surface area (Å²) in [6, 6.07) is 3.31. The largest absolute Gasteiger partial charge is 0.338 e. The topological polar surface area (TPSA) is 66.6 Å². The van der Waals surface area contributed by atoms with E-state index in [2.05, 4.69) is 0 Å². The minimum absolute atomic E-state index is 0.211. The van der Waals surface area contributed by atoms with Crippen LogP contribution < -0.4 is 5.73 Å². The van der Waals surface area contributed by atoms with Crippen molar-refractivity contribution in [2.45, 2.75) is 19.4 Å². The Kier molecular flexibility index (Phi) is 4.46. The molecule has 1 heterocycles. The average molecular weight is 311 g/mol. The highest BCUT2D eigenvalue weighted by Crippen LogP contribution is 2.17. The first-order chi connectivity index (χ1) is 10.2. The lowest BCUT2D eigenvalue weighted by molar-refractivity contribution is -0.137. The van der Waals surface area contributed by atoms with E-state index < -0.39 is 28.6 Å². The SMILES string of the molecule is CC(C)(N)C(=O)N1CCN(C(=O)c2c(F)cccc2F)CC1. The van der Waals surface area contributed by atoms with Gasteiger partial charge < -0.3 is 15.5 Å². The number of piperazine rings is 1. The molecule has 1 aromatic carbocycles. The van der Waals surface area contributed by atoms with Gasteiger partial charge in [-0.1, -0.05) is 6.07 Å². The smallest absolute Gasteiger partial charge is 0.259 e. The number of carbonyl (C=O) groups excluding carboxylic acids is 2. The van der Waals surface area contributed by atoms with Gasteiger partial charge >= 0.3 is 0 Å². The number of halogens is 2. The fourth-order valence-corrected chi connectivity index (χ4v) is 2.38. The van der Waals surface area contributed by atoms with Crippen LogP contribution in [0.3, 0.4) is 0 Å². The van der Waals surface area contributed by atoms with E-state index in [0.29, 0.717) is 13.1 Å². The number of amides is 2. The molecule has 7 heteroatoms. The number of rotatable bonds is 2. The van der Waals surface area contributed by atoms with E-state index in [9.17, 15) is 18.4 Å². The maximum atomic E-state index is 13.6. The average Bonchev–Trinajstić information content (AvgIpc) is 2.45. The number of hydrogen-bond donors (Lipinski definition) is 1. The molecule has 22 heavy (non-hydrogen) atoms. The zero-order valence-corrected chi connectivity index (χ0v) is 12.6. The third kappa shape index (κ3) is 3.24.